The molecule has 174 valence electrons. The van der Waals surface area contributed by atoms with Gasteiger partial charge in [-0.3, -0.25) is 4.90 Å². The maximum Gasteiger partial charge on any atom is 0.416 e. The number of alkyl halides is 3. The highest BCUT2D eigenvalue weighted by Crippen LogP contribution is 2.53. The number of anilines is 1. The van der Waals surface area contributed by atoms with E-state index in [0.717, 1.165) is 57.5 Å². The molecule has 0 radical (unpaired) electrons. The number of fused-ring (bicyclic) bond motifs is 1. The molecule has 2 unspecified atom stereocenters. The second-order valence-corrected chi connectivity index (χ2v) is 9.70. The van der Waals surface area contributed by atoms with Crippen molar-refractivity contribution in [2.24, 2.45) is 11.8 Å². The summed E-state index contributed by atoms with van der Waals surface area (Å²) in [7, 11) is 0. The molecule has 1 saturated heterocycles. The van der Waals surface area contributed by atoms with E-state index >= 15 is 0 Å². The molecule has 2 saturated carbocycles. The lowest BCUT2D eigenvalue weighted by atomic mass is 9.90. The number of nitrogens with zero attached hydrogens (tertiary/aromatic N) is 3. The van der Waals surface area contributed by atoms with Crippen molar-refractivity contribution in [3.05, 3.63) is 65.0 Å². The molecule has 1 aliphatic heterocycles. The summed E-state index contributed by atoms with van der Waals surface area (Å²) < 4.78 is 54.4. The molecular formula is C26H27F4N3. The number of hydrogen-bond acceptors (Lipinski definition) is 3. The van der Waals surface area contributed by atoms with Crippen LogP contribution in [0.4, 0.5) is 23.2 Å². The molecule has 2 aromatic carbocycles. The third-order valence-electron chi connectivity index (χ3n) is 7.97. The molecule has 2 aromatic rings. The first-order valence-corrected chi connectivity index (χ1v) is 11.7. The van der Waals surface area contributed by atoms with E-state index in [1.165, 1.54) is 24.3 Å². The van der Waals surface area contributed by atoms with Gasteiger partial charge in [-0.15, -0.1) is 0 Å². The van der Waals surface area contributed by atoms with Crippen LogP contribution in [0.3, 0.4) is 0 Å². The standard InChI is InChI=1S/C26H27F4N3/c27-25-15-21(6-5-17(25)16-31)32-7-9-33(10-8-32)22-13-18-11-20(12-19(18)14-22)23-3-1-2-4-24(23)26(28,29)30/h1-6,15,18-20,22H,7-14H2. The van der Waals surface area contributed by atoms with Gasteiger partial charge in [-0.1, -0.05) is 18.2 Å². The quantitative estimate of drug-likeness (QED) is 0.545. The van der Waals surface area contributed by atoms with Gasteiger partial charge in [-0.05, 0) is 73.3 Å². The molecule has 33 heavy (non-hydrogen) atoms. The van der Waals surface area contributed by atoms with Crippen LogP contribution in [0.15, 0.2) is 42.5 Å². The zero-order valence-electron chi connectivity index (χ0n) is 18.4. The lowest BCUT2D eigenvalue weighted by molar-refractivity contribution is -0.138. The summed E-state index contributed by atoms with van der Waals surface area (Å²) in [6, 6.07) is 13.2. The molecule has 3 fully saturated rings. The lowest BCUT2D eigenvalue weighted by Gasteiger charge is -2.39. The molecule has 0 bridgehead atoms. The van der Waals surface area contributed by atoms with Crippen molar-refractivity contribution in [2.75, 3.05) is 31.1 Å². The Labute approximate surface area is 191 Å². The Balaban J connectivity index is 1.18. The summed E-state index contributed by atoms with van der Waals surface area (Å²) in [6.45, 7) is 3.40. The third kappa shape index (κ3) is 4.33. The summed E-state index contributed by atoms with van der Waals surface area (Å²) >= 11 is 0. The highest BCUT2D eigenvalue weighted by molar-refractivity contribution is 5.50. The molecule has 0 spiro atoms. The first-order chi connectivity index (χ1) is 15.8. The maximum atomic E-state index is 14.0. The van der Waals surface area contributed by atoms with E-state index in [2.05, 4.69) is 9.80 Å². The Hall–Kier alpha value is -2.59. The van der Waals surface area contributed by atoms with Gasteiger partial charge in [-0.25, -0.2) is 4.39 Å². The molecule has 2 aliphatic carbocycles. The Bertz CT molecular complexity index is 1040. The maximum absolute atomic E-state index is 14.0. The fourth-order valence-corrected chi connectivity index (χ4v) is 6.38. The van der Waals surface area contributed by atoms with Gasteiger partial charge < -0.3 is 4.90 Å². The van der Waals surface area contributed by atoms with Crippen LogP contribution in [-0.2, 0) is 6.18 Å². The van der Waals surface area contributed by atoms with Crippen molar-refractivity contribution in [1.82, 2.24) is 4.90 Å². The number of piperazine rings is 1. The zero-order chi connectivity index (χ0) is 23.2. The minimum atomic E-state index is -4.30. The predicted molar refractivity (Wildman–Crippen MR) is 118 cm³/mol. The Morgan fingerprint density at radius 1 is 0.879 bits per heavy atom. The Morgan fingerprint density at radius 2 is 1.55 bits per heavy atom. The van der Waals surface area contributed by atoms with E-state index in [1.807, 2.05) is 6.07 Å². The monoisotopic (exact) mass is 457 g/mol. The molecule has 0 aromatic heterocycles. The van der Waals surface area contributed by atoms with Crippen LogP contribution in [0, 0.1) is 29.0 Å². The number of halogens is 4. The minimum absolute atomic E-state index is 0.00176. The Kier molecular flexibility index (Phi) is 5.82. The van der Waals surface area contributed by atoms with Crippen LogP contribution in [0.25, 0.3) is 0 Å². The van der Waals surface area contributed by atoms with Crippen molar-refractivity contribution in [2.45, 2.75) is 43.8 Å². The van der Waals surface area contributed by atoms with Crippen molar-refractivity contribution < 1.29 is 17.6 Å². The SMILES string of the molecule is N#Cc1ccc(N2CCN(C3CC4CC(c5ccccc5C(F)(F)F)CC4C3)CC2)cc1F. The summed E-state index contributed by atoms with van der Waals surface area (Å²) in [4.78, 5) is 4.66. The van der Waals surface area contributed by atoms with E-state index in [4.69, 9.17) is 5.26 Å². The smallest absolute Gasteiger partial charge is 0.369 e. The van der Waals surface area contributed by atoms with E-state index in [-0.39, 0.29) is 11.5 Å². The summed E-state index contributed by atoms with van der Waals surface area (Å²) in [5.41, 5.74) is 0.868. The highest BCUT2D eigenvalue weighted by atomic mass is 19.4. The van der Waals surface area contributed by atoms with Gasteiger partial charge in [0.15, 0.2) is 0 Å². The van der Waals surface area contributed by atoms with Crippen LogP contribution in [-0.4, -0.2) is 37.1 Å². The number of rotatable bonds is 3. The van der Waals surface area contributed by atoms with Gasteiger partial charge >= 0.3 is 6.18 Å². The van der Waals surface area contributed by atoms with E-state index in [9.17, 15) is 17.6 Å². The highest BCUT2D eigenvalue weighted by Gasteiger charge is 2.46. The number of benzene rings is 2. The topological polar surface area (TPSA) is 30.3 Å². The second-order valence-electron chi connectivity index (χ2n) is 9.70. The van der Waals surface area contributed by atoms with Crippen LogP contribution >= 0.6 is 0 Å². The van der Waals surface area contributed by atoms with E-state index in [0.29, 0.717) is 23.4 Å². The average molecular weight is 458 g/mol. The minimum Gasteiger partial charge on any atom is -0.369 e. The molecule has 0 amide bonds. The summed E-state index contributed by atoms with van der Waals surface area (Å²) in [5.74, 6) is 0.503. The van der Waals surface area contributed by atoms with Gasteiger partial charge in [0, 0.05) is 37.9 Å². The molecule has 3 nitrogen and oxygen atoms in total. The van der Waals surface area contributed by atoms with E-state index in [1.54, 1.807) is 18.2 Å². The van der Waals surface area contributed by atoms with Crippen molar-refractivity contribution in [3.8, 4) is 6.07 Å². The molecule has 5 rings (SSSR count). The fourth-order valence-electron chi connectivity index (χ4n) is 6.38. The molecule has 0 N–H and O–H groups in total. The molecular weight excluding hydrogens is 430 g/mol. The normalized spacial score (nSPS) is 28.0. The molecule has 2 atom stereocenters. The van der Waals surface area contributed by atoms with Crippen LogP contribution in [0.1, 0.15) is 48.3 Å². The van der Waals surface area contributed by atoms with Crippen molar-refractivity contribution >= 4 is 5.69 Å². The first kappa shape index (κ1) is 22.2. The molecule has 7 heteroatoms. The van der Waals surface area contributed by atoms with Gasteiger partial charge in [0.25, 0.3) is 0 Å². The first-order valence-electron chi connectivity index (χ1n) is 11.7. The third-order valence-corrected chi connectivity index (χ3v) is 7.97. The predicted octanol–water partition coefficient (Wildman–Crippen LogP) is 5.81. The van der Waals surface area contributed by atoms with Crippen LogP contribution < -0.4 is 4.90 Å². The largest absolute Gasteiger partial charge is 0.416 e. The summed E-state index contributed by atoms with van der Waals surface area (Å²) in [5, 5.41) is 8.91. The van der Waals surface area contributed by atoms with Gasteiger partial charge in [0.1, 0.15) is 11.9 Å². The van der Waals surface area contributed by atoms with Gasteiger partial charge in [0.05, 0.1) is 11.1 Å². The summed E-state index contributed by atoms with van der Waals surface area (Å²) in [6.07, 6.45) is -0.493. The molecule has 1 heterocycles. The lowest BCUT2D eigenvalue weighted by Crippen LogP contribution is -2.50. The number of nitriles is 1. The average Bonchev–Trinajstić information content (AvgIpc) is 3.38. The van der Waals surface area contributed by atoms with Crippen LogP contribution in [0.5, 0.6) is 0 Å². The Morgan fingerprint density at radius 3 is 2.15 bits per heavy atom. The molecule has 3 aliphatic rings. The van der Waals surface area contributed by atoms with Crippen LogP contribution in [0.2, 0.25) is 0 Å². The van der Waals surface area contributed by atoms with Crippen molar-refractivity contribution in [3.63, 3.8) is 0 Å². The number of hydrogen-bond donors (Lipinski definition) is 0. The van der Waals surface area contributed by atoms with Gasteiger partial charge in [-0.2, -0.15) is 18.4 Å². The zero-order valence-corrected chi connectivity index (χ0v) is 18.4. The van der Waals surface area contributed by atoms with E-state index < -0.39 is 17.6 Å². The second kappa shape index (κ2) is 8.64. The fraction of sp³-hybridized carbons (Fsp3) is 0.500. The van der Waals surface area contributed by atoms with Gasteiger partial charge in [0.2, 0.25) is 0 Å². The van der Waals surface area contributed by atoms with Crippen molar-refractivity contribution in [1.29, 1.82) is 5.26 Å².